The number of hydrogen-bond donors (Lipinski definition) is 0. The molecule has 0 saturated carbocycles. The number of carbonyl (C=O) groups is 2. The van der Waals surface area contributed by atoms with Crippen molar-refractivity contribution >= 4 is 28.8 Å². The van der Waals surface area contributed by atoms with Gasteiger partial charge in [-0.2, -0.15) is 0 Å². The summed E-state index contributed by atoms with van der Waals surface area (Å²) in [6, 6.07) is 11.7. The predicted octanol–water partition coefficient (Wildman–Crippen LogP) is 4.89. The average Bonchev–Trinajstić information content (AvgIpc) is 3.27. The van der Waals surface area contributed by atoms with Gasteiger partial charge in [-0.25, -0.2) is 0 Å². The predicted molar refractivity (Wildman–Crippen MR) is 117 cm³/mol. The third kappa shape index (κ3) is 3.60. The molecule has 0 amide bonds. The molecule has 1 aliphatic carbocycles. The Morgan fingerprint density at radius 2 is 2.00 bits per heavy atom. The number of Topliss-reactive ketones (excluding diaryl/α,β-unsaturated/α-hetero) is 1. The summed E-state index contributed by atoms with van der Waals surface area (Å²) in [6.45, 7) is 3.92. The number of methoxy groups -OCH3 is 1. The topological polar surface area (TPSA) is 65.0 Å². The van der Waals surface area contributed by atoms with Crippen molar-refractivity contribution in [2.45, 2.75) is 38.5 Å². The molecule has 0 spiro atoms. The van der Waals surface area contributed by atoms with Crippen LogP contribution < -0.4 is 4.74 Å². The smallest absolute Gasteiger partial charge is 0.315 e. The normalized spacial score (nSPS) is 23.6. The summed E-state index contributed by atoms with van der Waals surface area (Å²) in [6.07, 6.45) is 1.12. The van der Waals surface area contributed by atoms with Gasteiger partial charge in [0.2, 0.25) is 0 Å². The van der Waals surface area contributed by atoms with E-state index in [2.05, 4.69) is 6.07 Å². The standard InChI is InChI=1S/C24H25NO4S/c1-4-29-24(27)21-14(2)25-17-12-15(20-10-7-11-30-20)13-18(26)23(17)22(21)16-8-5-6-9-19(16)28-3/h5-11,15,21-22H,4,12-13H2,1-3H3/t15-,21?,22+/m1/s1. The lowest BCUT2D eigenvalue weighted by molar-refractivity contribution is -0.146. The summed E-state index contributed by atoms with van der Waals surface area (Å²) in [7, 11) is 1.60. The Morgan fingerprint density at radius 3 is 2.70 bits per heavy atom. The van der Waals surface area contributed by atoms with Gasteiger partial charge in [0.05, 0.1) is 13.7 Å². The van der Waals surface area contributed by atoms with Crippen LogP contribution in [0.25, 0.3) is 0 Å². The summed E-state index contributed by atoms with van der Waals surface area (Å²) in [4.78, 5) is 32.4. The third-order valence-corrected chi connectivity index (χ3v) is 6.88. The Hall–Kier alpha value is -2.73. The van der Waals surface area contributed by atoms with E-state index in [0.29, 0.717) is 29.9 Å². The molecule has 6 heteroatoms. The molecule has 2 heterocycles. The minimum absolute atomic E-state index is 0.0519. The molecular formula is C24H25NO4S. The number of ether oxygens (including phenoxy) is 2. The van der Waals surface area contributed by atoms with E-state index in [1.54, 1.807) is 25.4 Å². The first kappa shape index (κ1) is 20.5. The van der Waals surface area contributed by atoms with Crippen molar-refractivity contribution in [2.75, 3.05) is 13.7 Å². The van der Waals surface area contributed by atoms with Crippen LogP contribution in [-0.4, -0.2) is 31.2 Å². The fourth-order valence-corrected chi connectivity index (χ4v) is 5.41. The first-order valence-electron chi connectivity index (χ1n) is 10.2. The Balaban J connectivity index is 1.85. The molecule has 0 bridgehead atoms. The summed E-state index contributed by atoms with van der Waals surface area (Å²) < 4.78 is 11.0. The monoisotopic (exact) mass is 423 g/mol. The van der Waals surface area contributed by atoms with E-state index in [1.807, 2.05) is 42.6 Å². The number of para-hydroxylation sites is 1. The van der Waals surface area contributed by atoms with Gasteiger partial charge >= 0.3 is 5.97 Å². The largest absolute Gasteiger partial charge is 0.496 e. The number of nitrogens with zero attached hydrogens (tertiary/aromatic N) is 1. The molecule has 0 saturated heterocycles. The van der Waals surface area contributed by atoms with Gasteiger partial charge < -0.3 is 9.47 Å². The van der Waals surface area contributed by atoms with Crippen molar-refractivity contribution in [3.63, 3.8) is 0 Å². The first-order valence-corrected chi connectivity index (χ1v) is 11.1. The molecule has 1 aliphatic heterocycles. The van der Waals surface area contributed by atoms with Crippen LogP contribution in [-0.2, 0) is 14.3 Å². The lowest BCUT2D eigenvalue weighted by Gasteiger charge is -2.36. The fraction of sp³-hybridized carbons (Fsp3) is 0.375. The van der Waals surface area contributed by atoms with Gasteiger partial charge in [-0.05, 0) is 37.8 Å². The van der Waals surface area contributed by atoms with Gasteiger partial charge in [0.1, 0.15) is 11.7 Å². The lowest BCUT2D eigenvalue weighted by atomic mass is 9.69. The van der Waals surface area contributed by atoms with Crippen LogP contribution in [0.4, 0.5) is 0 Å². The molecule has 30 heavy (non-hydrogen) atoms. The molecule has 0 fully saturated rings. The van der Waals surface area contributed by atoms with Gasteiger partial charge in [-0.3, -0.25) is 14.6 Å². The number of allylic oxidation sites excluding steroid dienone is 2. The van der Waals surface area contributed by atoms with Gasteiger partial charge in [-0.1, -0.05) is 24.3 Å². The minimum atomic E-state index is -0.637. The van der Waals surface area contributed by atoms with E-state index in [-0.39, 0.29) is 24.3 Å². The number of carbonyl (C=O) groups excluding carboxylic acids is 2. The van der Waals surface area contributed by atoms with E-state index in [9.17, 15) is 9.59 Å². The number of benzene rings is 1. The van der Waals surface area contributed by atoms with Crippen molar-refractivity contribution < 1.29 is 19.1 Å². The molecule has 156 valence electrons. The van der Waals surface area contributed by atoms with Gasteiger partial charge in [0.25, 0.3) is 0 Å². The Labute approximate surface area is 180 Å². The van der Waals surface area contributed by atoms with Crippen molar-refractivity contribution in [3.05, 3.63) is 63.5 Å². The molecule has 4 rings (SSSR count). The zero-order valence-electron chi connectivity index (χ0n) is 17.4. The summed E-state index contributed by atoms with van der Waals surface area (Å²) in [5, 5.41) is 2.04. The molecule has 1 aromatic carbocycles. The summed E-state index contributed by atoms with van der Waals surface area (Å²) in [5.74, 6) is -0.603. The summed E-state index contributed by atoms with van der Waals surface area (Å²) >= 11 is 1.67. The molecule has 1 aromatic heterocycles. The minimum Gasteiger partial charge on any atom is -0.496 e. The highest BCUT2D eigenvalue weighted by atomic mass is 32.1. The van der Waals surface area contributed by atoms with Crippen LogP contribution in [0.1, 0.15) is 49.0 Å². The number of esters is 1. The maximum absolute atomic E-state index is 13.4. The van der Waals surface area contributed by atoms with Crippen LogP contribution in [0, 0.1) is 5.92 Å². The third-order valence-electron chi connectivity index (χ3n) is 5.85. The number of rotatable bonds is 5. The number of aliphatic imine (C=N–C) groups is 1. The highest BCUT2D eigenvalue weighted by molar-refractivity contribution is 7.10. The number of thiophene rings is 1. The molecule has 3 atom stereocenters. The van der Waals surface area contributed by atoms with E-state index in [0.717, 1.165) is 11.3 Å². The maximum atomic E-state index is 13.4. The second-order valence-electron chi connectivity index (χ2n) is 7.61. The Morgan fingerprint density at radius 1 is 1.20 bits per heavy atom. The zero-order valence-corrected chi connectivity index (χ0v) is 18.2. The second-order valence-corrected chi connectivity index (χ2v) is 8.59. The molecule has 0 radical (unpaired) electrons. The molecule has 2 aliphatic rings. The summed E-state index contributed by atoms with van der Waals surface area (Å²) in [5.41, 5.74) is 2.93. The van der Waals surface area contributed by atoms with E-state index < -0.39 is 11.8 Å². The van der Waals surface area contributed by atoms with E-state index in [4.69, 9.17) is 14.5 Å². The lowest BCUT2D eigenvalue weighted by Crippen LogP contribution is -2.38. The SMILES string of the molecule is CCOC(=O)C1C(C)=NC2=C(C(=O)C[C@H](c3cccs3)C2)[C@H]1c1ccccc1OC. The van der Waals surface area contributed by atoms with Crippen molar-refractivity contribution in [1.29, 1.82) is 0 Å². The Kier molecular flexibility index (Phi) is 5.86. The van der Waals surface area contributed by atoms with Crippen LogP contribution in [0.5, 0.6) is 5.75 Å². The molecular weight excluding hydrogens is 398 g/mol. The van der Waals surface area contributed by atoms with Crippen LogP contribution >= 0.6 is 11.3 Å². The fourth-order valence-electron chi connectivity index (χ4n) is 4.58. The number of ketones is 1. The first-order chi connectivity index (χ1) is 14.5. The van der Waals surface area contributed by atoms with Gasteiger partial charge in [0.15, 0.2) is 5.78 Å². The molecule has 1 unspecified atom stereocenters. The second kappa shape index (κ2) is 8.56. The van der Waals surface area contributed by atoms with Crippen LogP contribution in [0.3, 0.4) is 0 Å². The van der Waals surface area contributed by atoms with Crippen LogP contribution in [0.2, 0.25) is 0 Å². The van der Waals surface area contributed by atoms with Crippen molar-refractivity contribution in [3.8, 4) is 5.75 Å². The van der Waals surface area contributed by atoms with E-state index >= 15 is 0 Å². The van der Waals surface area contributed by atoms with Crippen molar-refractivity contribution in [1.82, 2.24) is 0 Å². The van der Waals surface area contributed by atoms with Gasteiger partial charge in [-0.15, -0.1) is 11.3 Å². The maximum Gasteiger partial charge on any atom is 0.315 e. The van der Waals surface area contributed by atoms with Crippen molar-refractivity contribution in [2.24, 2.45) is 10.9 Å². The van der Waals surface area contributed by atoms with E-state index in [1.165, 1.54) is 4.88 Å². The highest BCUT2D eigenvalue weighted by Crippen LogP contribution is 2.49. The molecule has 0 N–H and O–H groups in total. The number of hydrogen-bond acceptors (Lipinski definition) is 6. The molecule has 2 aromatic rings. The van der Waals surface area contributed by atoms with Gasteiger partial charge in [0, 0.05) is 45.7 Å². The van der Waals surface area contributed by atoms with Crippen LogP contribution in [0.15, 0.2) is 58.0 Å². The zero-order chi connectivity index (χ0) is 21.3. The highest BCUT2D eigenvalue weighted by Gasteiger charge is 2.45. The Bertz CT molecular complexity index is 1020. The molecule has 5 nitrogen and oxygen atoms in total. The average molecular weight is 424 g/mol. The quantitative estimate of drug-likeness (QED) is 0.642.